The van der Waals surface area contributed by atoms with Crippen LogP contribution in [0.5, 0.6) is 11.8 Å². The number of hydrogen-bond acceptors (Lipinski definition) is 5. The first kappa shape index (κ1) is 15.3. The summed E-state index contributed by atoms with van der Waals surface area (Å²) in [6, 6.07) is 5.59. The summed E-state index contributed by atoms with van der Waals surface area (Å²) in [5, 5.41) is 9.50. The third kappa shape index (κ3) is 3.51. The molecule has 1 aromatic heterocycles. The van der Waals surface area contributed by atoms with Gasteiger partial charge in [0.15, 0.2) is 0 Å². The van der Waals surface area contributed by atoms with Crippen LogP contribution in [0.15, 0.2) is 24.4 Å². The molecule has 0 saturated carbocycles. The van der Waals surface area contributed by atoms with Gasteiger partial charge in [-0.1, -0.05) is 25.4 Å². The fourth-order valence-corrected chi connectivity index (χ4v) is 1.77. The number of nitrogens with zero attached hydrogens (tertiary/aromatic N) is 2. The fraction of sp³-hybridized carbons (Fsp3) is 0.167. The number of aryl methyl sites for hydroxylation is 1. The minimum Gasteiger partial charge on any atom is -0.483 e. The molecule has 2 aromatic rings. The van der Waals surface area contributed by atoms with Crippen molar-refractivity contribution in [2.75, 3.05) is 0 Å². The van der Waals surface area contributed by atoms with Gasteiger partial charge in [-0.3, -0.25) is 0 Å². The van der Waals surface area contributed by atoms with Gasteiger partial charge in [0.05, 0.1) is 6.61 Å². The quantitative estimate of drug-likeness (QED) is 0.492. The van der Waals surface area contributed by atoms with Crippen LogP contribution in [-0.4, -0.2) is 22.1 Å². The largest absolute Gasteiger partial charge is 1.00 e. The summed E-state index contributed by atoms with van der Waals surface area (Å²) in [4.78, 5) is 7.98. The van der Waals surface area contributed by atoms with E-state index < -0.39 is 7.12 Å². The van der Waals surface area contributed by atoms with Crippen LogP contribution in [0.25, 0.3) is 0 Å². The maximum atomic E-state index is 9.50. The monoisotopic (exact) mass is 326 g/mol. The first-order valence-electron chi connectivity index (χ1n) is 5.54. The molecule has 0 bridgehead atoms. The van der Waals surface area contributed by atoms with Crippen molar-refractivity contribution in [3.63, 3.8) is 0 Å². The summed E-state index contributed by atoms with van der Waals surface area (Å²) in [7, 11) is -0.835. The average molecular weight is 327 g/mol. The number of fused-ring (bicyclic) bond motifs is 1. The molecule has 7 heteroatoms. The van der Waals surface area contributed by atoms with E-state index in [1.54, 1.807) is 18.3 Å². The van der Waals surface area contributed by atoms with Crippen LogP contribution in [0.2, 0.25) is 0 Å². The van der Waals surface area contributed by atoms with Gasteiger partial charge in [-0.25, -0.2) is 0 Å². The van der Waals surface area contributed by atoms with Gasteiger partial charge < -0.3 is 24.4 Å². The normalized spacial score (nSPS) is 12.8. The molecule has 0 atom stereocenters. The molecule has 0 amide bonds. The molecule has 0 radical (unpaired) electrons. The summed E-state index contributed by atoms with van der Waals surface area (Å²) in [6.07, 6.45) is 4.42. The van der Waals surface area contributed by atoms with E-state index in [0.29, 0.717) is 12.4 Å². The molecule has 19 heavy (non-hydrogen) atoms. The summed E-state index contributed by atoms with van der Waals surface area (Å²) in [5.41, 5.74) is 2.54. The van der Waals surface area contributed by atoms with E-state index >= 15 is 0 Å². The van der Waals surface area contributed by atoms with Crippen LogP contribution in [-0.2, 0) is 11.3 Å². The van der Waals surface area contributed by atoms with E-state index in [1.807, 2.05) is 13.0 Å². The molecule has 0 unspecified atom stereocenters. The van der Waals surface area contributed by atoms with Gasteiger partial charge in [0.25, 0.3) is 0 Å². The predicted molar refractivity (Wildman–Crippen MR) is 64.5 cm³/mol. The smallest absolute Gasteiger partial charge is 0.483 e. The molecular weight excluding hydrogens is 316 g/mol. The minimum atomic E-state index is -0.835. The number of aromatic nitrogens is 2. The van der Waals surface area contributed by atoms with Crippen molar-refractivity contribution in [1.29, 1.82) is 0 Å². The van der Waals surface area contributed by atoms with E-state index in [0.717, 1.165) is 16.6 Å². The molecule has 1 aliphatic heterocycles. The third-order valence-corrected chi connectivity index (χ3v) is 2.68. The minimum absolute atomic E-state index is 0. The van der Waals surface area contributed by atoms with Crippen molar-refractivity contribution in [2.45, 2.75) is 13.5 Å². The van der Waals surface area contributed by atoms with Crippen LogP contribution >= 0.6 is 0 Å². The molecule has 0 saturated heterocycles. The van der Waals surface area contributed by atoms with E-state index in [1.165, 1.54) is 0 Å². The summed E-state index contributed by atoms with van der Waals surface area (Å²) >= 11 is 0. The topological polar surface area (TPSA) is 64.5 Å². The second-order valence-electron chi connectivity index (χ2n) is 4.07. The number of rotatable bonds is 2. The first-order valence-corrected chi connectivity index (χ1v) is 5.54. The van der Waals surface area contributed by atoms with Crippen molar-refractivity contribution >= 4 is 12.6 Å². The van der Waals surface area contributed by atoms with Gasteiger partial charge in [0.1, 0.15) is 5.75 Å². The first-order chi connectivity index (χ1) is 8.72. The summed E-state index contributed by atoms with van der Waals surface area (Å²) in [6.45, 7) is 2.24. The zero-order chi connectivity index (χ0) is 12.5. The molecule has 0 aliphatic carbocycles. The van der Waals surface area contributed by atoms with Crippen LogP contribution < -0.4 is 68.4 Å². The molecule has 1 aromatic carbocycles. The molecule has 1 N–H and O–H groups in total. The number of benzene rings is 1. The van der Waals surface area contributed by atoms with Gasteiger partial charge in [0, 0.05) is 0 Å². The van der Waals surface area contributed by atoms with Gasteiger partial charge in [-0.05, 0) is 23.2 Å². The van der Waals surface area contributed by atoms with E-state index in [9.17, 15) is 5.02 Å². The van der Waals surface area contributed by atoms with Crippen LogP contribution in [0.1, 0.15) is 11.1 Å². The Morgan fingerprint density at radius 3 is 3.05 bits per heavy atom. The molecule has 90 valence electrons. The second kappa shape index (κ2) is 6.56. The van der Waals surface area contributed by atoms with Crippen LogP contribution in [0, 0.1) is 13.1 Å². The SMILES string of the molecule is Cc1[c-]nc(Oc2ccc3c(c2)COB3O)nc1.[Rb+]. The molecule has 2 heterocycles. The summed E-state index contributed by atoms with van der Waals surface area (Å²) in [5.74, 6) is 0.615. The Kier molecular flexibility index (Phi) is 5.28. The zero-order valence-electron chi connectivity index (χ0n) is 10.8. The van der Waals surface area contributed by atoms with E-state index in [4.69, 9.17) is 9.39 Å². The van der Waals surface area contributed by atoms with Gasteiger partial charge in [0.2, 0.25) is 6.01 Å². The van der Waals surface area contributed by atoms with Crippen LogP contribution in [0.4, 0.5) is 0 Å². The molecule has 5 nitrogen and oxygen atoms in total. The van der Waals surface area contributed by atoms with Gasteiger partial charge >= 0.3 is 65.3 Å². The third-order valence-electron chi connectivity index (χ3n) is 2.68. The molecule has 3 rings (SSSR count). The predicted octanol–water partition coefficient (Wildman–Crippen LogP) is -2.40. The Bertz CT molecular complexity index is 580. The van der Waals surface area contributed by atoms with Crippen molar-refractivity contribution in [2.24, 2.45) is 0 Å². The maximum absolute atomic E-state index is 9.50. The van der Waals surface area contributed by atoms with Gasteiger partial charge in [-0.15, -0.1) is 5.56 Å². The second-order valence-corrected chi connectivity index (χ2v) is 4.07. The molecule has 1 aliphatic rings. The molecule has 0 spiro atoms. The Morgan fingerprint density at radius 2 is 2.32 bits per heavy atom. The van der Waals surface area contributed by atoms with Gasteiger partial charge in [-0.2, -0.15) is 0 Å². The Morgan fingerprint density at radius 1 is 1.47 bits per heavy atom. The Balaban J connectivity index is 0.00000133. The van der Waals surface area contributed by atoms with Crippen molar-refractivity contribution < 1.29 is 72.6 Å². The summed E-state index contributed by atoms with van der Waals surface area (Å²) < 4.78 is 10.6. The standard InChI is InChI=1S/C12H10BN2O3.Rb/c1-8-5-14-12(15-6-8)18-10-2-3-11-9(4-10)7-17-13(11)16;/h2-5,16H,7H2,1H3;/q-1;+1. The zero-order valence-corrected chi connectivity index (χ0v) is 15.7. The molecular formula is C12H10BN2O3Rb. The maximum Gasteiger partial charge on any atom is 1.00 e. The number of ether oxygens (including phenoxy) is 1. The van der Waals surface area contributed by atoms with Crippen LogP contribution in [0.3, 0.4) is 0 Å². The molecule has 0 fully saturated rings. The van der Waals surface area contributed by atoms with Crippen molar-refractivity contribution in [3.8, 4) is 11.8 Å². The number of hydrogen-bond donors (Lipinski definition) is 1. The van der Waals surface area contributed by atoms with Crippen molar-refractivity contribution in [1.82, 2.24) is 9.97 Å². The Hall–Kier alpha value is -0.110. The fourth-order valence-electron chi connectivity index (χ4n) is 1.77. The van der Waals surface area contributed by atoms with Crippen molar-refractivity contribution in [3.05, 3.63) is 41.7 Å². The Labute approximate surface area is 160 Å². The average Bonchev–Trinajstić information content (AvgIpc) is 2.74. The van der Waals surface area contributed by atoms with E-state index in [-0.39, 0.29) is 64.2 Å². The van der Waals surface area contributed by atoms with E-state index in [2.05, 4.69) is 16.2 Å².